The first-order valence-corrected chi connectivity index (χ1v) is 6.19. The number of benzene rings is 1. The Morgan fingerprint density at radius 2 is 1.75 bits per heavy atom. The van der Waals surface area contributed by atoms with Crippen molar-refractivity contribution < 1.29 is 4.57 Å². The zero-order valence-corrected chi connectivity index (χ0v) is 11.0. The van der Waals surface area contributed by atoms with E-state index in [1.54, 1.807) is 11.3 Å². The minimum atomic E-state index is 1.24. The van der Waals surface area contributed by atoms with Gasteiger partial charge in [-0.25, -0.2) is 0 Å². The largest absolute Gasteiger partial charge is 0.378 e. The lowest BCUT2D eigenvalue weighted by Crippen LogP contribution is -2.30. The highest BCUT2D eigenvalue weighted by molar-refractivity contribution is 7.12. The van der Waals surface area contributed by atoms with E-state index in [-0.39, 0.29) is 0 Å². The van der Waals surface area contributed by atoms with Crippen LogP contribution in [-0.4, -0.2) is 14.1 Å². The third-order valence-electron chi connectivity index (χ3n) is 2.81. The molecule has 0 fully saturated rings. The molecule has 0 saturated heterocycles. The van der Waals surface area contributed by atoms with Crippen molar-refractivity contribution in [2.45, 2.75) is 6.92 Å². The Morgan fingerprint density at radius 3 is 2.19 bits per heavy atom. The van der Waals surface area contributed by atoms with Crippen LogP contribution in [0.4, 0.5) is 5.69 Å². The first kappa shape index (κ1) is 11.1. The zero-order chi connectivity index (χ0) is 11.7. The monoisotopic (exact) mass is 233 g/mol. The zero-order valence-electron chi connectivity index (χ0n) is 10.2. The molecular weight excluding hydrogens is 216 g/mol. The molecule has 0 atom stereocenters. The maximum absolute atomic E-state index is 2.23. The fourth-order valence-corrected chi connectivity index (χ4v) is 2.64. The summed E-state index contributed by atoms with van der Waals surface area (Å²) in [5, 5.41) is 3.50. The van der Waals surface area contributed by atoms with Crippen LogP contribution in [-0.2, 0) is 7.05 Å². The summed E-state index contributed by atoms with van der Waals surface area (Å²) in [6.45, 7) is 2.13. The highest BCUT2D eigenvalue weighted by Crippen LogP contribution is 2.23. The summed E-state index contributed by atoms with van der Waals surface area (Å²) in [6.07, 6.45) is 0. The van der Waals surface area contributed by atoms with Crippen molar-refractivity contribution in [2.75, 3.05) is 19.0 Å². The molecule has 0 spiro atoms. The fraction of sp³-hybridized carbons (Fsp3) is 0.308. The second kappa shape index (κ2) is 4.26. The van der Waals surface area contributed by atoms with Crippen LogP contribution in [0, 0.1) is 6.92 Å². The van der Waals surface area contributed by atoms with Crippen LogP contribution >= 0.6 is 11.3 Å². The van der Waals surface area contributed by atoms with E-state index in [0.29, 0.717) is 0 Å². The summed E-state index contributed by atoms with van der Waals surface area (Å²) in [4.78, 5) is 2.11. The maximum atomic E-state index is 2.23. The summed E-state index contributed by atoms with van der Waals surface area (Å²) in [6, 6.07) is 8.68. The highest BCUT2D eigenvalue weighted by Gasteiger charge is 2.14. The maximum Gasteiger partial charge on any atom is 0.268 e. The van der Waals surface area contributed by atoms with Gasteiger partial charge in [0, 0.05) is 26.7 Å². The summed E-state index contributed by atoms with van der Waals surface area (Å²) < 4.78 is 2.23. The van der Waals surface area contributed by atoms with Crippen molar-refractivity contribution in [3.05, 3.63) is 35.3 Å². The van der Waals surface area contributed by atoms with Crippen molar-refractivity contribution in [3.63, 3.8) is 0 Å². The predicted octanol–water partition coefficient (Wildman–Crippen LogP) is 2.61. The molecule has 1 aromatic heterocycles. The van der Waals surface area contributed by atoms with Crippen LogP contribution in [0.1, 0.15) is 5.69 Å². The predicted molar refractivity (Wildman–Crippen MR) is 70.0 cm³/mol. The third kappa shape index (κ3) is 1.95. The molecule has 0 N–H and O–H groups in total. The van der Waals surface area contributed by atoms with E-state index in [0.717, 1.165) is 0 Å². The molecular formula is C13H17N2S+. The molecule has 0 aliphatic heterocycles. The van der Waals surface area contributed by atoms with Gasteiger partial charge in [0.2, 0.25) is 0 Å². The van der Waals surface area contributed by atoms with E-state index in [1.165, 1.54) is 22.0 Å². The smallest absolute Gasteiger partial charge is 0.268 e. The number of hydrogen-bond acceptors (Lipinski definition) is 2. The van der Waals surface area contributed by atoms with Crippen molar-refractivity contribution in [3.8, 4) is 10.6 Å². The molecule has 1 heterocycles. The number of nitrogens with zero attached hydrogens (tertiary/aromatic N) is 2. The van der Waals surface area contributed by atoms with Gasteiger partial charge < -0.3 is 4.90 Å². The Labute approximate surface area is 101 Å². The van der Waals surface area contributed by atoms with Crippen LogP contribution in [0.2, 0.25) is 0 Å². The van der Waals surface area contributed by atoms with Crippen molar-refractivity contribution >= 4 is 17.0 Å². The topological polar surface area (TPSA) is 7.12 Å². The number of thiazole rings is 1. The summed E-state index contributed by atoms with van der Waals surface area (Å²) >= 11 is 1.79. The second-order valence-electron chi connectivity index (χ2n) is 4.18. The van der Waals surface area contributed by atoms with Crippen LogP contribution < -0.4 is 9.47 Å². The van der Waals surface area contributed by atoms with Crippen LogP contribution in [0.5, 0.6) is 0 Å². The molecule has 0 bridgehead atoms. The van der Waals surface area contributed by atoms with E-state index in [9.17, 15) is 0 Å². The van der Waals surface area contributed by atoms with Crippen molar-refractivity contribution in [1.29, 1.82) is 0 Å². The van der Waals surface area contributed by atoms with Gasteiger partial charge in [-0.15, -0.1) is 0 Å². The minimum absolute atomic E-state index is 1.24. The molecule has 0 aliphatic rings. The average Bonchev–Trinajstić information content (AvgIpc) is 2.60. The normalized spacial score (nSPS) is 10.5. The lowest BCUT2D eigenvalue weighted by molar-refractivity contribution is -0.662. The highest BCUT2D eigenvalue weighted by atomic mass is 32.1. The lowest BCUT2D eigenvalue weighted by atomic mass is 10.2. The Balaban J connectivity index is 2.38. The number of hydrogen-bond donors (Lipinski definition) is 0. The van der Waals surface area contributed by atoms with Gasteiger partial charge in [-0.1, -0.05) is 11.3 Å². The van der Waals surface area contributed by atoms with Gasteiger partial charge in [0.15, 0.2) is 5.69 Å². The Hall–Kier alpha value is -1.35. The van der Waals surface area contributed by atoms with Crippen molar-refractivity contribution in [1.82, 2.24) is 0 Å². The summed E-state index contributed by atoms with van der Waals surface area (Å²) in [5.74, 6) is 0. The summed E-state index contributed by atoms with van der Waals surface area (Å²) in [5.41, 5.74) is 3.82. The first-order chi connectivity index (χ1) is 7.59. The SMILES string of the molecule is Cc1csc(-c2ccc(N(C)C)cc2)[n+]1C. The van der Waals surface area contributed by atoms with Gasteiger partial charge in [-0.05, 0) is 24.3 Å². The van der Waals surface area contributed by atoms with E-state index < -0.39 is 0 Å². The molecule has 1 aromatic carbocycles. The second-order valence-corrected chi connectivity index (χ2v) is 5.04. The fourth-order valence-electron chi connectivity index (χ4n) is 1.62. The van der Waals surface area contributed by atoms with Gasteiger partial charge in [0.1, 0.15) is 7.05 Å². The molecule has 0 amide bonds. The molecule has 2 nitrogen and oxygen atoms in total. The first-order valence-electron chi connectivity index (χ1n) is 5.31. The van der Waals surface area contributed by atoms with Crippen LogP contribution in [0.3, 0.4) is 0 Å². The molecule has 3 heteroatoms. The quantitative estimate of drug-likeness (QED) is 0.723. The van der Waals surface area contributed by atoms with Crippen LogP contribution in [0.25, 0.3) is 10.6 Å². The molecule has 84 valence electrons. The number of rotatable bonds is 2. The van der Waals surface area contributed by atoms with Gasteiger partial charge in [0.25, 0.3) is 5.01 Å². The summed E-state index contributed by atoms with van der Waals surface area (Å²) in [7, 11) is 6.23. The van der Waals surface area contributed by atoms with Gasteiger partial charge in [0.05, 0.1) is 10.9 Å². The molecule has 0 radical (unpaired) electrons. The number of aromatic nitrogens is 1. The average molecular weight is 233 g/mol. The lowest BCUT2D eigenvalue weighted by Gasteiger charge is -2.11. The van der Waals surface area contributed by atoms with Gasteiger partial charge in [-0.3, -0.25) is 0 Å². The molecule has 16 heavy (non-hydrogen) atoms. The molecule has 0 saturated carbocycles. The number of anilines is 1. The third-order valence-corrected chi connectivity index (χ3v) is 4.00. The molecule has 2 aromatic rings. The van der Waals surface area contributed by atoms with Gasteiger partial charge >= 0.3 is 0 Å². The van der Waals surface area contributed by atoms with E-state index >= 15 is 0 Å². The van der Waals surface area contributed by atoms with E-state index in [2.05, 4.69) is 67.2 Å². The standard InChI is InChI=1S/C13H17N2S/c1-10-9-16-13(15(10)4)11-5-7-12(8-6-11)14(2)3/h5-9H,1-4H3/q+1. The van der Waals surface area contributed by atoms with E-state index in [1.807, 2.05) is 0 Å². The van der Waals surface area contributed by atoms with E-state index in [4.69, 9.17) is 0 Å². The van der Waals surface area contributed by atoms with Gasteiger partial charge in [-0.2, -0.15) is 4.57 Å². The van der Waals surface area contributed by atoms with Crippen molar-refractivity contribution in [2.24, 2.45) is 7.05 Å². The molecule has 2 rings (SSSR count). The Bertz CT molecular complexity index is 483. The van der Waals surface area contributed by atoms with Crippen LogP contribution in [0.15, 0.2) is 29.6 Å². The number of aryl methyl sites for hydroxylation is 1. The Kier molecular flexibility index (Phi) is 2.97. The minimum Gasteiger partial charge on any atom is -0.378 e. The Morgan fingerprint density at radius 1 is 1.12 bits per heavy atom. The molecule has 0 aliphatic carbocycles. The molecule has 0 unspecified atom stereocenters.